The number of nitrogens with zero attached hydrogens (tertiary/aromatic N) is 3. The summed E-state index contributed by atoms with van der Waals surface area (Å²) in [5.74, 6) is 0.346. The molecule has 2 atom stereocenters. The molecule has 1 saturated heterocycles. The van der Waals surface area contributed by atoms with Crippen LogP contribution in [0.4, 0.5) is 11.4 Å². The van der Waals surface area contributed by atoms with E-state index in [1.165, 1.54) is 6.07 Å². The molecule has 2 N–H and O–H groups in total. The molecule has 1 aromatic rings. The van der Waals surface area contributed by atoms with Crippen LogP contribution in [0.2, 0.25) is 0 Å². The number of nitrogens with two attached hydrogens (primary N) is 1. The fraction of sp³-hybridized carbons (Fsp3) is 0.500. The van der Waals surface area contributed by atoms with Crippen LogP contribution < -0.4 is 10.6 Å². The molecule has 0 aromatic heterocycles. The van der Waals surface area contributed by atoms with Crippen molar-refractivity contribution in [1.29, 1.82) is 5.26 Å². The van der Waals surface area contributed by atoms with E-state index in [1.807, 2.05) is 17.9 Å². The van der Waals surface area contributed by atoms with Gasteiger partial charge in [0.05, 0.1) is 16.6 Å². The number of rotatable bonds is 3. The Labute approximate surface area is 117 Å². The summed E-state index contributed by atoms with van der Waals surface area (Å²) in [5.41, 5.74) is 6.83. The monoisotopic (exact) mass is 274 g/mol. The standard InChI is InChI=1S/C14H18N4O2/c1-10(16)12-3-2-6-17(9-12)13-5-4-11(8-15)7-14(13)18(19)20/h4-5,7,10,12H,2-3,6,9,16H2,1H3. The van der Waals surface area contributed by atoms with Crippen molar-refractivity contribution in [3.63, 3.8) is 0 Å². The lowest BCUT2D eigenvalue weighted by Gasteiger charge is -2.35. The first-order valence-corrected chi connectivity index (χ1v) is 6.72. The molecule has 6 heteroatoms. The Bertz CT molecular complexity index is 551. The molecule has 1 heterocycles. The van der Waals surface area contributed by atoms with Gasteiger partial charge in [0.2, 0.25) is 0 Å². The van der Waals surface area contributed by atoms with Gasteiger partial charge in [0, 0.05) is 25.2 Å². The molecule has 0 saturated carbocycles. The minimum atomic E-state index is -0.425. The number of hydrogen-bond acceptors (Lipinski definition) is 5. The Morgan fingerprint density at radius 1 is 1.60 bits per heavy atom. The summed E-state index contributed by atoms with van der Waals surface area (Å²) < 4.78 is 0. The van der Waals surface area contributed by atoms with Crippen molar-refractivity contribution in [2.45, 2.75) is 25.8 Å². The quantitative estimate of drug-likeness (QED) is 0.672. The first-order chi connectivity index (χ1) is 9.52. The van der Waals surface area contributed by atoms with Gasteiger partial charge in [0.1, 0.15) is 5.69 Å². The second-order valence-corrected chi connectivity index (χ2v) is 5.28. The number of nitro groups is 1. The van der Waals surface area contributed by atoms with Gasteiger partial charge in [-0.3, -0.25) is 10.1 Å². The van der Waals surface area contributed by atoms with E-state index in [2.05, 4.69) is 0 Å². The predicted molar refractivity (Wildman–Crippen MR) is 76.4 cm³/mol. The Balaban J connectivity index is 2.32. The third-order valence-corrected chi connectivity index (χ3v) is 3.84. The zero-order valence-corrected chi connectivity index (χ0v) is 11.5. The second kappa shape index (κ2) is 5.88. The number of piperidine rings is 1. The molecule has 0 aliphatic carbocycles. The average molecular weight is 274 g/mol. The Kier molecular flexibility index (Phi) is 4.20. The molecule has 1 aromatic carbocycles. The normalized spacial score (nSPS) is 20.2. The molecule has 106 valence electrons. The minimum Gasteiger partial charge on any atom is -0.366 e. The van der Waals surface area contributed by atoms with Crippen LogP contribution in [-0.4, -0.2) is 24.1 Å². The third-order valence-electron chi connectivity index (χ3n) is 3.84. The highest BCUT2D eigenvalue weighted by molar-refractivity contribution is 5.65. The first kappa shape index (κ1) is 14.3. The lowest BCUT2D eigenvalue weighted by Crippen LogP contribution is -2.42. The van der Waals surface area contributed by atoms with Gasteiger partial charge in [0.15, 0.2) is 0 Å². The Morgan fingerprint density at radius 2 is 2.35 bits per heavy atom. The lowest BCUT2D eigenvalue weighted by atomic mass is 9.91. The van der Waals surface area contributed by atoms with Crippen molar-refractivity contribution in [2.24, 2.45) is 11.7 Å². The molecular weight excluding hydrogens is 256 g/mol. The van der Waals surface area contributed by atoms with Gasteiger partial charge in [-0.05, 0) is 37.8 Å². The molecule has 0 amide bonds. The van der Waals surface area contributed by atoms with E-state index in [1.54, 1.807) is 12.1 Å². The van der Waals surface area contributed by atoms with Crippen molar-refractivity contribution in [3.8, 4) is 6.07 Å². The number of benzene rings is 1. The molecule has 6 nitrogen and oxygen atoms in total. The molecule has 1 aliphatic heterocycles. The Hall–Kier alpha value is -2.13. The van der Waals surface area contributed by atoms with E-state index in [9.17, 15) is 10.1 Å². The maximum absolute atomic E-state index is 11.2. The van der Waals surface area contributed by atoms with Gasteiger partial charge in [-0.25, -0.2) is 0 Å². The van der Waals surface area contributed by atoms with Crippen LogP contribution in [0.15, 0.2) is 18.2 Å². The van der Waals surface area contributed by atoms with Crippen LogP contribution in [0.3, 0.4) is 0 Å². The summed E-state index contributed by atoms with van der Waals surface area (Å²) in [5, 5.41) is 20.0. The summed E-state index contributed by atoms with van der Waals surface area (Å²) in [7, 11) is 0. The van der Waals surface area contributed by atoms with Crippen molar-refractivity contribution >= 4 is 11.4 Å². The number of anilines is 1. The van der Waals surface area contributed by atoms with Crippen LogP contribution in [-0.2, 0) is 0 Å². The fourth-order valence-electron chi connectivity index (χ4n) is 2.66. The largest absolute Gasteiger partial charge is 0.366 e. The van der Waals surface area contributed by atoms with E-state index >= 15 is 0 Å². The Morgan fingerprint density at radius 3 is 2.95 bits per heavy atom. The zero-order valence-electron chi connectivity index (χ0n) is 11.5. The van der Waals surface area contributed by atoms with Crippen LogP contribution in [0.5, 0.6) is 0 Å². The lowest BCUT2D eigenvalue weighted by molar-refractivity contribution is -0.384. The van der Waals surface area contributed by atoms with Crippen molar-refractivity contribution in [1.82, 2.24) is 0 Å². The smallest absolute Gasteiger partial charge is 0.293 e. The predicted octanol–water partition coefficient (Wildman–Crippen LogP) is 2.03. The molecule has 20 heavy (non-hydrogen) atoms. The van der Waals surface area contributed by atoms with E-state index in [4.69, 9.17) is 11.0 Å². The van der Waals surface area contributed by atoms with E-state index in [0.29, 0.717) is 17.2 Å². The van der Waals surface area contributed by atoms with Gasteiger partial charge in [-0.2, -0.15) is 5.26 Å². The molecule has 2 rings (SSSR count). The topological polar surface area (TPSA) is 96.2 Å². The molecule has 1 aliphatic rings. The molecule has 0 bridgehead atoms. The number of hydrogen-bond donors (Lipinski definition) is 1. The average Bonchev–Trinajstić information content (AvgIpc) is 2.46. The highest BCUT2D eigenvalue weighted by atomic mass is 16.6. The number of nitro benzene ring substituents is 1. The minimum absolute atomic E-state index is 0.00521. The summed E-state index contributed by atoms with van der Waals surface area (Å²) >= 11 is 0. The molecule has 0 radical (unpaired) electrons. The second-order valence-electron chi connectivity index (χ2n) is 5.28. The van der Waals surface area contributed by atoms with Gasteiger partial charge in [0.25, 0.3) is 5.69 Å². The van der Waals surface area contributed by atoms with E-state index in [-0.39, 0.29) is 11.7 Å². The SMILES string of the molecule is CC(N)C1CCCN(c2ccc(C#N)cc2[N+](=O)[O-])C1. The first-order valence-electron chi connectivity index (χ1n) is 6.72. The third kappa shape index (κ3) is 2.89. The van der Waals surface area contributed by atoms with Crippen molar-refractivity contribution in [2.75, 3.05) is 18.0 Å². The summed E-state index contributed by atoms with van der Waals surface area (Å²) in [6.45, 7) is 3.49. The maximum Gasteiger partial charge on any atom is 0.293 e. The van der Waals surface area contributed by atoms with Crippen molar-refractivity contribution < 1.29 is 4.92 Å². The molecular formula is C14H18N4O2. The summed E-state index contributed by atoms with van der Waals surface area (Å²) in [4.78, 5) is 12.8. The highest BCUT2D eigenvalue weighted by Crippen LogP contribution is 2.32. The summed E-state index contributed by atoms with van der Waals surface area (Å²) in [6.07, 6.45) is 2.03. The van der Waals surface area contributed by atoms with Gasteiger partial charge < -0.3 is 10.6 Å². The van der Waals surface area contributed by atoms with Crippen molar-refractivity contribution in [3.05, 3.63) is 33.9 Å². The molecule has 2 unspecified atom stereocenters. The van der Waals surface area contributed by atoms with E-state index < -0.39 is 4.92 Å². The molecule has 1 fully saturated rings. The van der Waals surface area contributed by atoms with Crippen LogP contribution in [0.1, 0.15) is 25.3 Å². The van der Waals surface area contributed by atoms with Crippen LogP contribution in [0.25, 0.3) is 0 Å². The van der Waals surface area contributed by atoms with Crippen LogP contribution >= 0.6 is 0 Å². The number of nitriles is 1. The fourth-order valence-corrected chi connectivity index (χ4v) is 2.66. The maximum atomic E-state index is 11.2. The summed E-state index contributed by atoms with van der Waals surface area (Å²) in [6, 6.07) is 6.64. The highest BCUT2D eigenvalue weighted by Gasteiger charge is 2.27. The van der Waals surface area contributed by atoms with Gasteiger partial charge in [-0.1, -0.05) is 0 Å². The van der Waals surface area contributed by atoms with Gasteiger partial charge in [-0.15, -0.1) is 0 Å². The zero-order chi connectivity index (χ0) is 14.7. The molecule has 0 spiro atoms. The van der Waals surface area contributed by atoms with Crippen LogP contribution in [0, 0.1) is 27.4 Å². The van der Waals surface area contributed by atoms with E-state index in [0.717, 1.165) is 25.9 Å². The van der Waals surface area contributed by atoms with Gasteiger partial charge >= 0.3 is 0 Å².